The van der Waals surface area contributed by atoms with Crippen LogP contribution in [0.5, 0.6) is 5.75 Å². The minimum Gasteiger partial charge on any atom is -0.492 e. The summed E-state index contributed by atoms with van der Waals surface area (Å²) < 4.78 is 33.2. The van der Waals surface area contributed by atoms with Gasteiger partial charge in [0.05, 0.1) is 4.90 Å². The zero-order valence-corrected chi connectivity index (χ0v) is 13.5. The van der Waals surface area contributed by atoms with E-state index in [4.69, 9.17) is 4.74 Å². The first-order valence-corrected chi connectivity index (χ1v) is 8.91. The molecule has 0 saturated heterocycles. The number of likely N-dealkylation sites (N-methyl/N-ethyl adjacent to an activating group) is 1. The van der Waals surface area contributed by atoms with E-state index in [1.165, 1.54) is 0 Å². The average molecular weight is 312 g/mol. The highest BCUT2D eigenvalue weighted by Gasteiger charge is 2.38. The molecular weight excluding hydrogens is 288 g/mol. The van der Waals surface area contributed by atoms with Crippen LogP contribution >= 0.6 is 0 Å². The fraction of sp³-hybridized carbons (Fsp3) is 0.600. The molecule has 5 nitrogen and oxygen atoms in total. The second-order valence-corrected chi connectivity index (χ2v) is 7.20. The molecule has 6 heteroatoms. The van der Waals surface area contributed by atoms with Gasteiger partial charge in [0.15, 0.2) is 0 Å². The maximum absolute atomic E-state index is 12.4. The molecule has 0 radical (unpaired) electrons. The third-order valence-electron chi connectivity index (χ3n) is 4.09. The first-order chi connectivity index (χ1) is 10.0. The summed E-state index contributed by atoms with van der Waals surface area (Å²) in [7, 11) is -1.59. The molecule has 2 N–H and O–H groups in total. The van der Waals surface area contributed by atoms with Crippen LogP contribution in [0.15, 0.2) is 29.2 Å². The Balaban J connectivity index is 2.03. The van der Waals surface area contributed by atoms with Crippen LogP contribution < -0.4 is 14.8 Å². The Bertz CT molecular complexity index is 545. The average Bonchev–Trinajstić information content (AvgIpc) is 2.44. The minimum atomic E-state index is -3.45. The number of hydrogen-bond donors (Lipinski definition) is 2. The maximum Gasteiger partial charge on any atom is 0.241 e. The number of nitrogens with one attached hydrogen (secondary N) is 2. The molecule has 0 amide bonds. The summed E-state index contributed by atoms with van der Waals surface area (Å²) in [6.07, 6.45) is 3.77. The zero-order valence-electron chi connectivity index (χ0n) is 12.7. The molecule has 118 valence electrons. The molecule has 1 saturated carbocycles. The van der Waals surface area contributed by atoms with Gasteiger partial charge in [-0.3, -0.25) is 0 Å². The first kappa shape index (κ1) is 16.3. The molecule has 1 fully saturated rings. The number of rotatable bonds is 8. The highest BCUT2D eigenvalue weighted by atomic mass is 32.2. The Kier molecular flexibility index (Phi) is 5.24. The van der Waals surface area contributed by atoms with E-state index in [0.29, 0.717) is 17.3 Å². The van der Waals surface area contributed by atoms with Crippen molar-refractivity contribution >= 4 is 10.0 Å². The van der Waals surface area contributed by atoms with E-state index >= 15 is 0 Å². The van der Waals surface area contributed by atoms with Crippen LogP contribution in [0, 0.1) is 0 Å². The summed E-state index contributed by atoms with van der Waals surface area (Å²) >= 11 is 0. The smallest absolute Gasteiger partial charge is 0.241 e. The van der Waals surface area contributed by atoms with Crippen LogP contribution in [0.1, 0.15) is 32.6 Å². The molecule has 0 unspecified atom stereocenters. The predicted octanol–water partition coefficient (Wildman–Crippen LogP) is 1.90. The van der Waals surface area contributed by atoms with Crippen molar-refractivity contribution in [2.75, 3.05) is 20.2 Å². The third kappa shape index (κ3) is 3.96. The normalized spacial score (nSPS) is 17.2. The van der Waals surface area contributed by atoms with Gasteiger partial charge in [-0.05, 0) is 57.0 Å². The van der Waals surface area contributed by atoms with Gasteiger partial charge < -0.3 is 10.1 Å². The number of ether oxygens (including phenoxy) is 1. The molecular formula is C15H24N2O3S. The third-order valence-corrected chi connectivity index (χ3v) is 5.69. The largest absolute Gasteiger partial charge is 0.492 e. The molecule has 0 aromatic heterocycles. The first-order valence-electron chi connectivity index (χ1n) is 7.43. The number of sulfonamides is 1. The Morgan fingerprint density at radius 1 is 1.24 bits per heavy atom. The molecule has 1 aliphatic carbocycles. The SMILES string of the molecule is CCC1(NS(=O)(=O)c2ccc(OCCNC)cc2)CCC1. The number of hydrogen-bond acceptors (Lipinski definition) is 4. The van der Waals surface area contributed by atoms with Crippen molar-refractivity contribution in [3.05, 3.63) is 24.3 Å². The van der Waals surface area contributed by atoms with Gasteiger partial charge >= 0.3 is 0 Å². The molecule has 1 aromatic rings. The fourth-order valence-electron chi connectivity index (χ4n) is 2.46. The van der Waals surface area contributed by atoms with E-state index in [0.717, 1.165) is 32.2 Å². The van der Waals surface area contributed by atoms with Gasteiger partial charge in [0, 0.05) is 12.1 Å². The van der Waals surface area contributed by atoms with E-state index < -0.39 is 10.0 Å². The lowest BCUT2D eigenvalue weighted by molar-refractivity contribution is 0.214. The van der Waals surface area contributed by atoms with Crippen LogP contribution in [0.25, 0.3) is 0 Å². The fourth-order valence-corrected chi connectivity index (χ4v) is 3.99. The van der Waals surface area contributed by atoms with E-state index in [1.54, 1.807) is 24.3 Å². The lowest BCUT2D eigenvalue weighted by Gasteiger charge is -2.41. The van der Waals surface area contributed by atoms with E-state index in [-0.39, 0.29) is 5.54 Å². The van der Waals surface area contributed by atoms with Crippen LogP contribution in [-0.4, -0.2) is 34.2 Å². The summed E-state index contributed by atoms with van der Waals surface area (Å²) in [5.41, 5.74) is -0.235. The lowest BCUT2D eigenvalue weighted by atomic mass is 9.76. The van der Waals surface area contributed by atoms with Crippen molar-refractivity contribution in [2.45, 2.75) is 43.0 Å². The predicted molar refractivity (Wildman–Crippen MR) is 83.1 cm³/mol. The summed E-state index contributed by atoms with van der Waals surface area (Å²) in [4.78, 5) is 0.295. The van der Waals surface area contributed by atoms with Crippen molar-refractivity contribution in [3.8, 4) is 5.75 Å². The molecule has 1 aliphatic rings. The Morgan fingerprint density at radius 3 is 2.38 bits per heavy atom. The topological polar surface area (TPSA) is 67.4 Å². The van der Waals surface area contributed by atoms with Crippen molar-refractivity contribution in [1.82, 2.24) is 10.0 Å². The van der Waals surface area contributed by atoms with Crippen LogP contribution in [0.4, 0.5) is 0 Å². The molecule has 0 bridgehead atoms. The van der Waals surface area contributed by atoms with Crippen LogP contribution in [-0.2, 0) is 10.0 Å². The summed E-state index contributed by atoms with van der Waals surface area (Å²) in [5.74, 6) is 0.679. The van der Waals surface area contributed by atoms with Gasteiger partial charge in [-0.2, -0.15) is 0 Å². The second kappa shape index (κ2) is 6.77. The van der Waals surface area contributed by atoms with Crippen molar-refractivity contribution in [1.29, 1.82) is 0 Å². The van der Waals surface area contributed by atoms with E-state index in [2.05, 4.69) is 10.0 Å². The summed E-state index contributed by atoms with van der Waals surface area (Å²) in [5, 5.41) is 2.99. The van der Waals surface area contributed by atoms with Crippen LogP contribution in [0.2, 0.25) is 0 Å². The van der Waals surface area contributed by atoms with Gasteiger partial charge in [-0.25, -0.2) is 13.1 Å². The van der Waals surface area contributed by atoms with E-state index in [9.17, 15) is 8.42 Å². The Morgan fingerprint density at radius 2 is 1.90 bits per heavy atom. The standard InChI is InChI=1S/C15H24N2O3S/c1-3-15(9-4-10-15)17-21(18,19)14-7-5-13(6-8-14)20-12-11-16-2/h5-8,16-17H,3-4,9-12H2,1-2H3. The van der Waals surface area contributed by atoms with Gasteiger partial charge in [0.1, 0.15) is 12.4 Å². The zero-order chi connectivity index (χ0) is 15.3. The quantitative estimate of drug-likeness (QED) is 0.720. The highest BCUT2D eigenvalue weighted by molar-refractivity contribution is 7.89. The molecule has 0 aliphatic heterocycles. The molecule has 0 spiro atoms. The van der Waals surface area contributed by atoms with E-state index in [1.807, 2.05) is 14.0 Å². The Labute approximate surface area is 127 Å². The van der Waals surface area contributed by atoms with Crippen molar-refractivity contribution < 1.29 is 13.2 Å². The summed E-state index contributed by atoms with van der Waals surface area (Å²) in [6, 6.07) is 6.59. The Hall–Kier alpha value is -1.11. The molecule has 1 aromatic carbocycles. The van der Waals surface area contributed by atoms with Gasteiger partial charge in [-0.1, -0.05) is 6.92 Å². The molecule has 0 heterocycles. The van der Waals surface area contributed by atoms with Gasteiger partial charge in [0.25, 0.3) is 0 Å². The van der Waals surface area contributed by atoms with Gasteiger partial charge in [0.2, 0.25) is 10.0 Å². The van der Waals surface area contributed by atoms with Crippen molar-refractivity contribution in [3.63, 3.8) is 0 Å². The maximum atomic E-state index is 12.4. The lowest BCUT2D eigenvalue weighted by Crippen LogP contribution is -2.52. The van der Waals surface area contributed by atoms with Crippen molar-refractivity contribution in [2.24, 2.45) is 0 Å². The highest BCUT2D eigenvalue weighted by Crippen LogP contribution is 2.36. The molecule has 0 atom stereocenters. The minimum absolute atomic E-state index is 0.235. The number of benzene rings is 1. The molecule has 2 rings (SSSR count). The summed E-state index contributed by atoms with van der Waals surface area (Å²) in [6.45, 7) is 3.33. The van der Waals surface area contributed by atoms with Gasteiger partial charge in [-0.15, -0.1) is 0 Å². The second-order valence-electron chi connectivity index (χ2n) is 5.52. The monoisotopic (exact) mass is 312 g/mol. The van der Waals surface area contributed by atoms with Crippen LogP contribution in [0.3, 0.4) is 0 Å². The molecule has 21 heavy (non-hydrogen) atoms.